The van der Waals surface area contributed by atoms with Crippen LogP contribution in [0.1, 0.15) is 19.3 Å². The third-order valence-electron chi connectivity index (χ3n) is 5.52. The molecule has 5 heteroatoms. The van der Waals surface area contributed by atoms with Crippen molar-refractivity contribution in [1.29, 1.82) is 0 Å². The van der Waals surface area contributed by atoms with Crippen molar-refractivity contribution in [2.75, 3.05) is 31.6 Å². The van der Waals surface area contributed by atoms with Crippen molar-refractivity contribution in [3.8, 4) is 5.75 Å². The third-order valence-corrected chi connectivity index (χ3v) is 5.85. The van der Waals surface area contributed by atoms with Crippen LogP contribution in [0.15, 0.2) is 60.7 Å². The van der Waals surface area contributed by atoms with E-state index < -0.39 is 0 Å². The zero-order valence-corrected chi connectivity index (χ0v) is 17.2. The van der Waals surface area contributed by atoms with Gasteiger partial charge in [-0.1, -0.05) is 35.9 Å². The highest BCUT2D eigenvalue weighted by Crippen LogP contribution is 2.31. The molecule has 0 aliphatic carbocycles. The van der Waals surface area contributed by atoms with Crippen molar-refractivity contribution in [3.63, 3.8) is 0 Å². The molecule has 1 aliphatic rings. The number of benzene rings is 3. The Hall–Kier alpha value is -2.30. The van der Waals surface area contributed by atoms with Crippen molar-refractivity contribution in [3.05, 3.63) is 71.5 Å². The van der Waals surface area contributed by atoms with Gasteiger partial charge >= 0.3 is 0 Å². The number of hydrogen-bond acceptors (Lipinski definition) is 3. The van der Waals surface area contributed by atoms with Gasteiger partial charge in [0.2, 0.25) is 0 Å². The van der Waals surface area contributed by atoms with E-state index in [0.29, 0.717) is 12.6 Å². The molecule has 0 amide bonds. The molecule has 4 rings (SSSR count). The minimum atomic E-state index is -0.236. The maximum Gasteiger partial charge on any atom is 0.123 e. The minimum absolute atomic E-state index is 0.236. The molecule has 0 unspecified atom stereocenters. The van der Waals surface area contributed by atoms with Crippen molar-refractivity contribution < 1.29 is 9.13 Å². The second kappa shape index (κ2) is 9.47. The lowest BCUT2D eigenvalue weighted by molar-refractivity contribution is 0.198. The molecule has 0 bridgehead atoms. The van der Waals surface area contributed by atoms with Crippen LogP contribution < -0.4 is 10.1 Å². The highest BCUT2D eigenvalue weighted by Gasteiger charge is 2.19. The van der Waals surface area contributed by atoms with Gasteiger partial charge < -0.3 is 15.0 Å². The van der Waals surface area contributed by atoms with Gasteiger partial charge in [-0.25, -0.2) is 4.39 Å². The van der Waals surface area contributed by atoms with Crippen molar-refractivity contribution in [2.45, 2.75) is 25.3 Å². The van der Waals surface area contributed by atoms with Crippen LogP contribution in [0, 0.1) is 5.82 Å². The lowest BCUT2D eigenvalue weighted by Crippen LogP contribution is -2.39. The highest BCUT2D eigenvalue weighted by atomic mass is 35.5. The number of nitrogens with one attached hydrogen (secondary N) is 1. The van der Waals surface area contributed by atoms with E-state index in [2.05, 4.69) is 34.5 Å². The number of fused-ring (bicyclic) bond motifs is 1. The number of rotatable bonds is 7. The first-order chi connectivity index (χ1) is 14.2. The van der Waals surface area contributed by atoms with Crippen LogP contribution in [-0.4, -0.2) is 37.2 Å². The summed E-state index contributed by atoms with van der Waals surface area (Å²) in [5.74, 6) is 0.491. The molecule has 1 N–H and O–H groups in total. The minimum Gasteiger partial charge on any atom is -0.494 e. The predicted octanol–water partition coefficient (Wildman–Crippen LogP) is 5.98. The Morgan fingerprint density at radius 2 is 1.69 bits per heavy atom. The summed E-state index contributed by atoms with van der Waals surface area (Å²) in [4.78, 5) is 2.49. The Labute approximate surface area is 176 Å². The molecule has 0 saturated carbocycles. The monoisotopic (exact) mass is 412 g/mol. The maximum absolute atomic E-state index is 12.9. The predicted molar refractivity (Wildman–Crippen MR) is 119 cm³/mol. The molecule has 29 heavy (non-hydrogen) atoms. The van der Waals surface area contributed by atoms with Crippen LogP contribution >= 0.6 is 11.6 Å². The largest absolute Gasteiger partial charge is 0.494 e. The quantitative estimate of drug-likeness (QED) is 0.483. The van der Waals surface area contributed by atoms with Crippen LogP contribution in [-0.2, 0) is 0 Å². The molecule has 0 radical (unpaired) electrons. The highest BCUT2D eigenvalue weighted by molar-refractivity contribution is 6.36. The van der Waals surface area contributed by atoms with E-state index in [4.69, 9.17) is 16.3 Å². The van der Waals surface area contributed by atoms with Gasteiger partial charge in [-0.3, -0.25) is 0 Å². The summed E-state index contributed by atoms with van der Waals surface area (Å²) in [6.45, 7) is 3.85. The number of nitrogens with zero attached hydrogens (tertiary/aromatic N) is 1. The number of piperidine rings is 1. The van der Waals surface area contributed by atoms with E-state index in [1.165, 1.54) is 17.5 Å². The molecule has 1 heterocycles. The average molecular weight is 413 g/mol. The van der Waals surface area contributed by atoms with E-state index in [0.717, 1.165) is 60.7 Å². The molecule has 1 aliphatic heterocycles. The summed E-state index contributed by atoms with van der Waals surface area (Å²) in [6.07, 6.45) is 3.21. The first-order valence-corrected chi connectivity index (χ1v) is 10.6. The Bertz CT molecular complexity index is 939. The van der Waals surface area contributed by atoms with Crippen molar-refractivity contribution in [2.24, 2.45) is 0 Å². The van der Waals surface area contributed by atoms with Crippen LogP contribution in [0.5, 0.6) is 5.75 Å². The summed E-state index contributed by atoms with van der Waals surface area (Å²) < 4.78 is 18.6. The SMILES string of the molecule is Fc1ccc(OCCCN2CCC(Nc3ccc(Cl)c4ccccc34)CC2)cc1. The fraction of sp³-hybridized carbons (Fsp3) is 0.333. The number of anilines is 1. The Balaban J connectivity index is 1.22. The molecular weight excluding hydrogens is 387 g/mol. The molecule has 0 atom stereocenters. The second-order valence-corrected chi connectivity index (χ2v) is 7.96. The van der Waals surface area contributed by atoms with E-state index in [9.17, 15) is 4.39 Å². The van der Waals surface area contributed by atoms with E-state index in [1.807, 2.05) is 12.1 Å². The molecule has 0 aromatic heterocycles. The Morgan fingerprint density at radius 1 is 0.966 bits per heavy atom. The summed E-state index contributed by atoms with van der Waals surface area (Å²) in [5.41, 5.74) is 1.16. The van der Waals surface area contributed by atoms with Gasteiger partial charge in [-0.2, -0.15) is 0 Å². The first kappa shape index (κ1) is 20.0. The van der Waals surface area contributed by atoms with Gasteiger partial charge in [0.1, 0.15) is 11.6 Å². The molecule has 3 aromatic rings. The van der Waals surface area contributed by atoms with Crippen LogP contribution in [0.3, 0.4) is 0 Å². The lowest BCUT2D eigenvalue weighted by Gasteiger charge is -2.33. The van der Waals surface area contributed by atoms with Crippen LogP contribution in [0.25, 0.3) is 10.8 Å². The van der Waals surface area contributed by atoms with Gasteiger partial charge in [0.05, 0.1) is 6.61 Å². The fourth-order valence-corrected chi connectivity index (χ4v) is 4.15. The zero-order chi connectivity index (χ0) is 20.1. The Morgan fingerprint density at radius 3 is 2.45 bits per heavy atom. The molecule has 1 saturated heterocycles. The number of ether oxygens (including phenoxy) is 1. The number of halogens is 2. The lowest BCUT2D eigenvalue weighted by atomic mass is 10.0. The van der Waals surface area contributed by atoms with Gasteiger partial charge in [0.25, 0.3) is 0 Å². The van der Waals surface area contributed by atoms with Gasteiger partial charge in [-0.15, -0.1) is 0 Å². The van der Waals surface area contributed by atoms with Crippen LogP contribution in [0.4, 0.5) is 10.1 Å². The topological polar surface area (TPSA) is 24.5 Å². The number of likely N-dealkylation sites (tertiary alicyclic amines) is 1. The van der Waals surface area contributed by atoms with E-state index in [1.54, 1.807) is 12.1 Å². The summed E-state index contributed by atoms with van der Waals surface area (Å²) in [7, 11) is 0. The normalized spacial score (nSPS) is 15.5. The molecule has 3 nitrogen and oxygen atoms in total. The van der Waals surface area contributed by atoms with Crippen molar-refractivity contribution in [1.82, 2.24) is 4.90 Å². The first-order valence-electron chi connectivity index (χ1n) is 10.2. The van der Waals surface area contributed by atoms with E-state index >= 15 is 0 Å². The fourth-order valence-electron chi connectivity index (χ4n) is 3.92. The molecular formula is C24H26ClFN2O. The third kappa shape index (κ3) is 5.20. The van der Waals surface area contributed by atoms with E-state index in [-0.39, 0.29) is 5.82 Å². The summed E-state index contributed by atoms with van der Waals surface area (Å²) in [6, 6.07) is 19.0. The summed E-state index contributed by atoms with van der Waals surface area (Å²) in [5, 5.41) is 6.80. The zero-order valence-electron chi connectivity index (χ0n) is 16.4. The Kier molecular flexibility index (Phi) is 6.53. The summed E-state index contributed by atoms with van der Waals surface area (Å²) >= 11 is 6.34. The molecule has 0 spiro atoms. The van der Waals surface area contributed by atoms with Crippen LogP contribution in [0.2, 0.25) is 5.02 Å². The maximum atomic E-state index is 12.9. The van der Waals surface area contributed by atoms with Crippen molar-refractivity contribution >= 4 is 28.1 Å². The van der Waals surface area contributed by atoms with Gasteiger partial charge in [-0.05, 0) is 55.7 Å². The van der Waals surface area contributed by atoms with Gasteiger partial charge in [0.15, 0.2) is 0 Å². The number of hydrogen-bond donors (Lipinski definition) is 1. The molecule has 3 aromatic carbocycles. The molecule has 152 valence electrons. The smallest absolute Gasteiger partial charge is 0.123 e. The second-order valence-electron chi connectivity index (χ2n) is 7.56. The standard InChI is InChI=1S/C24H26ClFN2O/c25-23-10-11-24(22-5-2-1-4-21(22)23)27-19-12-15-28(16-13-19)14-3-17-29-20-8-6-18(26)7-9-20/h1-2,4-11,19,27H,3,12-17H2. The molecule has 1 fully saturated rings. The van der Waals surface area contributed by atoms with Gasteiger partial charge in [0, 0.05) is 47.2 Å². The average Bonchev–Trinajstić information content (AvgIpc) is 2.76.